The summed E-state index contributed by atoms with van der Waals surface area (Å²) in [7, 11) is -1.85. The first-order valence-electron chi connectivity index (χ1n) is 5.99. The van der Waals surface area contributed by atoms with Crippen LogP contribution in [0.15, 0.2) is 16.3 Å². The number of sulfonamides is 1. The number of piperidine rings is 1. The summed E-state index contributed by atoms with van der Waals surface area (Å²) in [5.74, 6) is 0.641. The van der Waals surface area contributed by atoms with E-state index in [1.807, 2.05) is 0 Å². The fraction of sp³-hybridized carbons (Fsp3) is 0.700. The molecule has 1 saturated heterocycles. The van der Waals surface area contributed by atoms with Gasteiger partial charge >= 0.3 is 0 Å². The monoisotopic (exact) mass is 284 g/mol. The number of aryl methyl sites for hydroxylation is 2. The highest BCUT2D eigenvalue weighted by atomic mass is 32.2. The minimum Gasteiger partial charge on any atom is -0.337 e. The van der Waals surface area contributed by atoms with E-state index in [1.165, 1.54) is 10.5 Å². The molecule has 19 heavy (non-hydrogen) atoms. The Bertz CT molecular complexity index is 596. The molecule has 0 aromatic carbocycles. The van der Waals surface area contributed by atoms with Crippen LogP contribution in [-0.4, -0.2) is 41.4 Å². The maximum absolute atomic E-state index is 12.4. The highest BCUT2D eigenvalue weighted by molar-refractivity contribution is 7.89. The average Bonchev–Trinajstić information content (AvgIpc) is 2.71. The van der Waals surface area contributed by atoms with Gasteiger partial charge in [0.05, 0.1) is 6.04 Å². The summed E-state index contributed by atoms with van der Waals surface area (Å²) in [6, 6.07) is -0.293. The van der Waals surface area contributed by atoms with Crippen LogP contribution in [0, 0.1) is 6.92 Å². The van der Waals surface area contributed by atoms with Crippen molar-refractivity contribution < 1.29 is 8.42 Å². The molecule has 0 aliphatic carbocycles. The van der Waals surface area contributed by atoms with Crippen molar-refractivity contribution in [2.24, 2.45) is 12.2 Å². The van der Waals surface area contributed by atoms with Gasteiger partial charge < -0.3 is 4.57 Å². The topological polar surface area (TPSA) is 104 Å². The Labute approximate surface area is 111 Å². The lowest BCUT2D eigenvalue weighted by Crippen LogP contribution is -2.41. The molecule has 0 saturated carbocycles. The molecule has 0 amide bonds. The Balaban J connectivity index is 2.26. The summed E-state index contributed by atoms with van der Waals surface area (Å²) in [6.07, 6.45) is 2.91. The number of azide groups is 1. The van der Waals surface area contributed by atoms with E-state index in [4.69, 9.17) is 5.53 Å². The van der Waals surface area contributed by atoms with Crippen molar-refractivity contribution in [3.8, 4) is 0 Å². The Morgan fingerprint density at radius 2 is 2.32 bits per heavy atom. The molecule has 2 heterocycles. The number of hydrogen-bond acceptors (Lipinski definition) is 4. The lowest BCUT2D eigenvalue weighted by atomic mass is 10.1. The number of aromatic nitrogens is 2. The second-order valence-corrected chi connectivity index (χ2v) is 6.49. The normalized spacial score (nSPS) is 21.1. The van der Waals surface area contributed by atoms with E-state index in [2.05, 4.69) is 15.0 Å². The molecule has 0 spiro atoms. The summed E-state index contributed by atoms with van der Waals surface area (Å²) in [4.78, 5) is 6.81. The Kier molecular flexibility index (Phi) is 3.79. The molecule has 2 rings (SSSR count). The highest BCUT2D eigenvalue weighted by Gasteiger charge is 2.31. The van der Waals surface area contributed by atoms with Gasteiger partial charge in [0.1, 0.15) is 5.82 Å². The van der Waals surface area contributed by atoms with E-state index < -0.39 is 10.0 Å². The van der Waals surface area contributed by atoms with Gasteiger partial charge in [-0.25, -0.2) is 13.4 Å². The van der Waals surface area contributed by atoms with E-state index in [1.54, 1.807) is 18.5 Å². The summed E-state index contributed by atoms with van der Waals surface area (Å²) in [6.45, 7) is 2.41. The van der Waals surface area contributed by atoms with E-state index >= 15 is 0 Å². The van der Waals surface area contributed by atoms with E-state index in [-0.39, 0.29) is 17.6 Å². The van der Waals surface area contributed by atoms with Crippen LogP contribution in [0.4, 0.5) is 0 Å². The van der Waals surface area contributed by atoms with Crippen LogP contribution >= 0.6 is 0 Å². The first-order chi connectivity index (χ1) is 8.95. The van der Waals surface area contributed by atoms with Crippen LogP contribution in [0.3, 0.4) is 0 Å². The number of hydrogen-bond donors (Lipinski definition) is 0. The molecule has 1 unspecified atom stereocenters. The number of nitrogens with zero attached hydrogens (tertiary/aromatic N) is 6. The van der Waals surface area contributed by atoms with Crippen molar-refractivity contribution in [1.82, 2.24) is 13.9 Å². The van der Waals surface area contributed by atoms with Gasteiger partial charge in [0.2, 0.25) is 0 Å². The highest BCUT2D eigenvalue weighted by Crippen LogP contribution is 2.21. The molecule has 1 aliphatic heterocycles. The van der Waals surface area contributed by atoms with Crippen molar-refractivity contribution in [1.29, 1.82) is 0 Å². The smallest absolute Gasteiger partial charge is 0.262 e. The van der Waals surface area contributed by atoms with E-state index in [0.29, 0.717) is 18.8 Å². The molecule has 1 fully saturated rings. The second kappa shape index (κ2) is 5.20. The Hall–Kier alpha value is -1.57. The molecule has 104 valence electrons. The van der Waals surface area contributed by atoms with Crippen molar-refractivity contribution in [2.45, 2.75) is 30.8 Å². The molecule has 0 bridgehead atoms. The van der Waals surface area contributed by atoms with Crippen molar-refractivity contribution in [2.75, 3.05) is 13.1 Å². The van der Waals surface area contributed by atoms with Gasteiger partial charge in [-0.2, -0.15) is 4.31 Å². The minimum absolute atomic E-state index is 0.0501. The van der Waals surface area contributed by atoms with Crippen molar-refractivity contribution in [3.05, 3.63) is 22.5 Å². The molecular formula is C10H16N6O2S. The van der Waals surface area contributed by atoms with Gasteiger partial charge in [-0.15, -0.1) is 0 Å². The number of imidazole rings is 1. The average molecular weight is 284 g/mol. The summed E-state index contributed by atoms with van der Waals surface area (Å²) >= 11 is 0. The molecule has 9 heteroatoms. The molecule has 0 radical (unpaired) electrons. The summed E-state index contributed by atoms with van der Waals surface area (Å²) < 4.78 is 27.8. The predicted octanol–water partition coefficient (Wildman–Crippen LogP) is 1.19. The van der Waals surface area contributed by atoms with Crippen LogP contribution < -0.4 is 0 Å². The SMILES string of the molecule is Cc1nc(S(=O)(=O)N2CCCC(N=[N+]=[N-])C2)cn1C. The zero-order valence-corrected chi connectivity index (χ0v) is 11.7. The van der Waals surface area contributed by atoms with Gasteiger partial charge in [-0.1, -0.05) is 5.11 Å². The lowest BCUT2D eigenvalue weighted by Gasteiger charge is -2.28. The fourth-order valence-electron chi connectivity index (χ4n) is 2.09. The predicted molar refractivity (Wildman–Crippen MR) is 68.9 cm³/mol. The van der Waals surface area contributed by atoms with Gasteiger partial charge in [0.15, 0.2) is 5.03 Å². The number of rotatable bonds is 3. The fourth-order valence-corrected chi connectivity index (χ4v) is 3.63. The summed E-state index contributed by atoms with van der Waals surface area (Å²) in [5.41, 5.74) is 8.44. The van der Waals surface area contributed by atoms with Gasteiger partial charge in [-0.05, 0) is 25.3 Å². The maximum Gasteiger partial charge on any atom is 0.262 e. The van der Waals surface area contributed by atoms with Crippen LogP contribution in [0.1, 0.15) is 18.7 Å². The van der Waals surface area contributed by atoms with Crippen LogP contribution in [0.2, 0.25) is 0 Å². The second-order valence-electron chi connectivity index (χ2n) is 4.60. The van der Waals surface area contributed by atoms with Crippen molar-refractivity contribution >= 4 is 10.0 Å². The third-order valence-electron chi connectivity index (χ3n) is 3.26. The van der Waals surface area contributed by atoms with Crippen LogP contribution in [0.25, 0.3) is 10.4 Å². The van der Waals surface area contributed by atoms with Crippen molar-refractivity contribution in [3.63, 3.8) is 0 Å². The zero-order chi connectivity index (χ0) is 14.0. The molecule has 1 aromatic heterocycles. The molecule has 1 aromatic rings. The van der Waals surface area contributed by atoms with Gasteiger partial charge in [-0.3, -0.25) is 0 Å². The Morgan fingerprint density at radius 1 is 1.58 bits per heavy atom. The zero-order valence-electron chi connectivity index (χ0n) is 10.9. The molecule has 1 aliphatic rings. The van der Waals surface area contributed by atoms with Crippen LogP contribution in [0.5, 0.6) is 0 Å². The molecular weight excluding hydrogens is 268 g/mol. The molecule has 1 atom stereocenters. The van der Waals surface area contributed by atoms with Crippen LogP contribution in [-0.2, 0) is 17.1 Å². The van der Waals surface area contributed by atoms with E-state index in [9.17, 15) is 8.42 Å². The third-order valence-corrected chi connectivity index (χ3v) is 5.00. The largest absolute Gasteiger partial charge is 0.337 e. The molecule has 8 nitrogen and oxygen atoms in total. The molecule has 0 N–H and O–H groups in total. The quantitative estimate of drug-likeness (QED) is 0.473. The first kappa shape index (κ1) is 13.9. The lowest BCUT2D eigenvalue weighted by molar-refractivity contribution is 0.315. The standard InChI is InChI=1S/C10H16N6O2S/c1-8-12-10(7-15(8)2)19(17,18)16-5-3-4-9(6-16)13-14-11/h7,9H,3-6H2,1-2H3. The minimum atomic E-state index is -3.60. The third kappa shape index (κ3) is 2.73. The Morgan fingerprint density at radius 3 is 2.89 bits per heavy atom. The maximum atomic E-state index is 12.4. The van der Waals surface area contributed by atoms with Gasteiger partial charge in [0.25, 0.3) is 10.0 Å². The summed E-state index contributed by atoms with van der Waals surface area (Å²) in [5, 5.41) is 3.66. The van der Waals surface area contributed by atoms with Gasteiger partial charge in [0, 0.05) is 31.2 Å². The first-order valence-corrected chi connectivity index (χ1v) is 7.43. The van der Waals surface area contributed by atoms with E-state index in [0.717, 1.165) is 6.42 Å².